The third kappa shape index (κ3) is 10.8. The highest BCUT2D eigenvalue weighted by Crippen LogP contribution is 2.14. The molecule has 5 rings (SSSR count). The average Bonchev–Trinajstić information content (AvgIpc) is 3.04. The number of rotatable bonds is 6. The summed E-state index contributed by atoms with van der Waals surface area (Å²) in [7, 11) is 0. The largest absolute Gasteiger partial charge is 0.354 e. The molecule has 10 heteroatoms. The van der Waals surface area contributed by atoms with Crippen LogP contribution in [-0.2, 0) is 33.9 Å². The smallest absolute Gasteiger partial charge is 0.251 e. The zero-order chi connectivity index (χ0) is 32.9. The summed E-state index contributed by atoms with van der Waals surface area (Å²) < 4.78 is 0. The SMILES string of the molecule is CC(C)C[C@@H]1NC(=O)[C@@H](Cc2ccccc2)NC(=O)c2ccc(cc2)CN(Cc2ccncc2)CCCCNC(=O)[C@@H](C)NC1=O. The molecule has 0 spiro atoms. The first-order valence-electron chi connectivity index (χ1n) is 16.1. The molecule has 0 saturated heterocycles. The summed E-state index contributed by atoms with van der Waals surface area (Å²) in [6.07, 6.45) is 5.81. The molecule has 0 saturated carbocycles. The maximum Gasteiger partial charge on any atom is 0.251 e. The first kappa shape index (κ1) is 34.3. The van der Waals surface area contributed by atoms with E-state index in [9.17, 15) is 19.2 Å². The Morgan fingerprint density at radius 1 is 0.783 bits per heavy atom. The van der Waals surface area contributed by atoms with Gasteiger partial charge in [-0.1, -0.05) is 56.3 Å². The number of pyridine rings is 1. The number of hydrogen-bond donors (Lipinski definition) is 4. The monoisotopic (exact) mass is 626 g/mol. The predicted octanol–water partition coefficient (Wildman–Crippen LogP) is 3.37. The zero-order valence-corrected chi connectivity index (χ0v) is 27.0. The van der Waals surface area contributed by atoms with Gasteiger partial charge in [-0.3, -0.25) is 29.1 Å². The number of amides is 4. The van der Waals surface area contributed by atoms with Crippen molar-refractivity contribution in [1.29, 1.82) is 0 Å². The van der Waals surface area contributed by atoms with Gasteiger partial charge in [-0.05, 0) is 79.6 Å². The molecule has 2 aliphatic heterocycles. The Balaban J connectivity index is 1.59. The number of benzene rings is 2. The minimum absolute atomic E-state index is 0.0912. The number of carbonyl (C=O) groups is 4. The Hall–Kier alpha value is -4.57. The number of aromatic nitrogens is 1. The number of carbonyl (C=O) groups excluding carboxylic acids is 4. The standard InChI is InChI=1S/C36H46N6O4/c1-25(2)21-31-35(45)39-26(3)33(43)38-17-7-8-20-42(24-29-15-18-37-19-16-29)23-28-11-13-30(14-12-28)34(44)40-32(36(46)41-31)22-27-9-5-4-6-10-27/h4-6,9-16,18-19,25-26,31-32H,7-8,17,20-24H2,1-3H3,(H,38,43)(H,39,45)(H,40,44)(H,41,46)/t26-,31+,32-/m1/s1. The molecule has 2 aromatic carbocycles. The van der Waals surface area contributed by atoms with Crippen molar-refractivity contribution in [3.05, 3.63) is 101 Å². The van der Waals surface area contributed by atoms with Gasteiger partial charge in [-0.15, -0.1) is 0 Å². The molecule has 0 unspecified atom stereocenters. The van der Waals surface area contributed by atoms with Crippen LogP contribution in [0.15, 0.2) is 79.1 Å². The van der Waals surface area contributed by atoms with Crippen molar-refractivity contribution in [1.82, 2.24) is 31.2 Å². The lowest BCUT2D eigenvalue weighted by Crippen LogP contribution is -2.57. The van der Waals surface area contributed by atoms with Crippen molar-refractivity contribution in [2.75, 3.05) is 13.1 Å². The summed E-state index contributed by atoms with van der Waals surface area (Å²) in [6, 6.07) is 18.3. The topological polar surface area (TPSA) is 133 Å². The third-order valence-electron chi connectivity index (χ3n) is 7.97. The van der Waals surface area contributed by atoms with Crippen LogP contribution in [0.3, 0.4) is 0 Å². The molecule has 0 radical (unpaired) electrons. The molecule has 10 nitrogen and oxygen atoms in total. The van der Waals surface area contributed by atoms with Crippen molar-refractivity contribution < 1.29 is 19.2 Å². The van der Waals surface area contributed by atoms with Gasteiger partial charge in [0, 0.05) is 44.0 Å². The van der Waals surface area contributed by atoms with Crippen LogP contribution in [0.2, 0.25) is 0 Å². The molecule has 4 N–H and O–H groups in total. The fraction of sp³-hybridized carbons (Fsp3) is 0.417. The number of nitrogens with zero attached hydrogens (tertiary/aromatic N) is 2. The van der Waals surface area contributed by atoms with E-state index in [1.165, 1.54) is 0 Å². The van der Waals surface area contributed by atoms with Crippen molar-refractivity contribution >= 4 is 23.6 Å². The molecule has 3 atom stereocenters. The molecule has 4 amide bonds. The van der Waals surface area contributed by atoms with Crippen molar-refractivity contribution in [2.45, 2.75) is 77.7 Å². The highest BCUT2D eigenvalue weighted by atomic mass is 16.2. The van der Waals surface area contributed by atoms with Crippen LogP contribution in [0, 0.1) is 5.92 Å². The fourth-order valence-corrected chi connectivity index (χ4v) is 5.46. The number of fused-ring (bicyclic) bond motifs is 18. The Bertz CT molecular complexity index is 1430. The second kappa shape index (κ2) is 17.2. The lowest BCUT2D eigenvalue weighted by Gasteiger charge is -2.25. The summed E-state index contributed by atoms with van der Waals surface area (Å²) in [5, 5.41) is 11.5. The van der Waals surface area contributed by atoms with E-state index in [1.807, 2.05) is 68.4 Å². The summed E-state index contributed by atoms with van der Waals surface area (Å²) >= 11 is 0. The number of hydrogen-bond acceptors (Lipinski definition) is 6. The molecule has 46 heavy (non-hydrogen) atoms. The van der Waals surface area contributed by atoms with Crippen LogP contribution < -0.4 is 21.3 Å². The second-order valence-corrected chi connectivity index (χ2v) is 12.4. The van der Waals surface area contributed by atoms with E-state index in [4.69, 9.17) is 0 Å². The molecule has 3 aromatic rings. The van der Waals surface area contributed by atoms with E-state index in [2.05, 4.69) is 31.2 Å². The van der Waals surface area contributed by atoms with E-state index in [1.54, 1.807) is 31.5 Å². The lowest BCUT2D eigenvalue weighted by atomic mass is 10.0. The van der Waals surface area contributed by atoms with Crippen LogP contribution in [0.25, 0.3) is 0 Å². The Kier molecular flexibility index (Phi) is 12.8. The Labute approximate surface area is 271 Å². The minimum atomic E-state index is -0.928. The molecule has 244 valence electrons. The van der Waals surface area contributed by atoms with Gasteiger partial charge in [-0.2, -0.15) is 0 Å². The van der Waals surface area contributed by atoms with Gasteiger partial charge in [-0.25, -0.2) is 0 Å². The lowest BCUT2D eigenvalue weighted by molar-refractivity contribution is -0.132. The highest BCUT2D eigenvalue weighted by molar-refractivity contribution is 5.98. The van der Waals surface area contributed by atoms with E-state index in [0.29, 0.717) is 25.1 Å². The van der Waals surface area contributed by atoms with Crippen molar-refractivity contribution in [3.8, 4) is 0 Å². The van der Waals surface area contributed by atoms with Crippen LogP contribution in [0.5, 0.6) is 0 Å². The van der Waals surface area contributed by atoms with Gasteiger partial charge in [0.05, 0.1) is 0 Å². The average molecular weight is 627 g/mol. The molecule has 3 heterocycles. The molecule has 0 fully saturated rings. The quantitative estimate of drug-likeness (QED) is 0.310. The van der Waals surface area contributed by atoms with Gasteiger partial charge < -0.3 is 21.3 Å². The summed E-state index contributed by atoms with van der Waals surface area (Å²) in [4.78, 5) is 59.8. The Morgan fingerprint density at radius 2 is 1.48 bits per heavy atom. The van der Waals surface area contributed by atoms with Gasteiger partial charge in [0.15, 0.2) is 0 Å². The Morgan fingerprint density at radius 3 is 2.17 bits per heavy atom. The molecule has 1 aromatic heterocycles. The second-order valence-electron chi connectivity index (χ2n) is 12.4. The maximum atomic E-state index is 13.7. The molecule has 2 bridgehead atoms. The molecule has 2 aliphatic rings. The van der Waals surface area contributed by atoms with Crippen LogP contribution in [0.4, 0.5) is 0 Å². The maximum absolute atomic E-state index is 13.7. The summed E-state index contributed by atoms with van der Waals surface area (Å²) in [5.41, 5.74) is 3.51. The zero-order valence-electron chi connectivity index (χ0n) is 27.0. The normalized spacial score (nSPS) is 21.1. The highest BCUT2D eigenvalue weighted by Gasteiger charge is 2.29. The minimum Gasteiger partial charge on any atom is -0.354 e. The van der Waals surface area contributed by atoms with Gasteiger partial charge >= 0.3 is 0 Å². The van der Waals surface area contributed by atoms with E-state index in [-0.39, 0.29) is 24.2 Å². The predicted molar refractivity (Wildman–Crippen MR) is 177 cm³/mol. The summed E-state index contributed by atoms with van der Waals surface area (Å²) in [6.45, 7) is 8.25. The summed E-state index contributed by atoms with van der Waals surface area (Å²) in [5.74, 6) is -1.48. The molecular formula is C36H46N6O4. The fourth-order valence-electron chi connectivity index (χ4n) is 5.46. The third-order valence-corrected chi connectivity index (χ3v) is 7.97. The van der Waals surface area contributed by atoms with E-state index in [0.717, 1.165) is 42.6 Å². The van der Waals surface area contributed by atoms with Gasteiger partial charge in [0.2, 0.25) is 17.7 Å². The molecular weight excluding hydrogens is 580 g/mol. The van der Waals surface area contributed by atoms with Crippen molar-refractivity contribution in [3.63, 3.8) is 0 Å². The van der Waals surface area contributed by atoms with Crippen LogP contribution in [0.1, 0.15) is 67.1 Å². The van der Waals surface area contributed by atoms with Gasteiger partial charge in [0.25, 0.3) is 5.91 Å². The van der Waals surface area contributed by atoms with Crippen LogP contribution >= 0.6 is 0 Å². The first-order chi connectivity index (χ1) is 22.2. The first-order valence-corrected chi connectivity index (χ1v) is 16.1. The van der Waals surface area contributed by atoms with Crippen molar-refractivity contribution in [2.24, 2.45) is 5.92 Å². The van der Waals surface area contributed by atoms with E-state index < -0.39 is 29.9 Å². The van der Waals surface area contributed by atoms with E-state index >= 15 is 0 Å². The van der Waals surface area contributed by atoms with Crippen LogP contribution in [-0.4, -0.2) is 64.7 Å². The number of nitrogens with one attached hydrogen (secondary N) is 4. The molecule has 0 aliphatic carbocycles. The van der Waals surface area contributed by atoms with Gasteiger partial charge in [0.1, 0.15) is 18.1 Å².